The van der Waals surface area contributed by atoms with Crippen LogP contribution in [0.25, 0.3) is 0 Å². The van der Waals surface area contributed by atoms with Gasteiger partial charge in [0.1, 0.15) is 11.9 Å². The van der Waals surface area contributed by atoms with Gasteiger partial charge in [-0.05, 0) is 62.1 Å². The fourth-order valence-electron chi connectivity index (χ4n) is 3.85. The van der Waals surface area contributed by atoms with E-state index < -0.39 is 16.1 Å². The summed E-state index contributed by atoms with van der Waals surface area (Å²) < 4.78 is 39.6. The molecule has 2 aromatic rings. The van der Waals surface area contributed by atoms with Crippen molar-refractivity contribution in [3.63, 3.8) is 0 Å². The normalized spacial score (nSPS) is 12.2. The third-order valence-electron chi connectivity index (χ3n) is 5.66. The number of nitrogens with one attached hydrogen (secondary N) is 1. The minimum absolute atomic E-state index is 0.0305. The average molecular weight is 526 g/mol. The highest BCUT2D eigenvalue weighted by Crippen LogP contribution is 2.28. The summed E-state index contributed by atoms with van der Waals surface area (Å²) in [6.45, 7) is 6.00. The molecule has 0 spiro atoms. The Morgan fingerprint density at radius 3 is 2.34 bits per heavy atom. The van der Waals surface area contributed by atoms with Crippen LogP contribution in [0.2, 0.25) is 5.02 Å². The van der Waals surface area contributed by atoms with E-state index in [0.717, 1.165) is 6.26 Å². The molecule has 35 heavy (non-hydrogen) atoms. The fraction of sp³-hybridized carbons (Fsp3) is 0.440. The van der Waals surface area contributed by atoms with Gasteiger partial charge in [0.2, 0.25) is 21.8 Å². The van der Waals surface area contributed by atoms with Crippen molar-refractivity contribution >= 4 is 39.1 Å². The molecule has 0 aliphatic rings. The summed E-state index contributed by atoms with van der Waals surface area (Å²) in [5.74, 6) is -0.943. The molecule has 2 aromatic carbocycles. The van der Waals surface area contributed by atoms with E-state index in [1.807, 2.05) is 6.92 Å². The van der Waals surface area contributed by atoms with Gasteiger partial charge >= 0.3 is 0 Å². The van der Waals surface area contributed by atoms with Crippen LogP contribution in [0.1, 0.15) is 44.2 Å². The number of carbonyl (C=O) groups excluding carboxylic acids is 2. The lowest BCUT2D eigenvalue weighted by Crippen LogP contribution is -2.49. The van der Waals surface area contributed by atoms with Gasteiger partial charge in [0, 0.05) is 31.1 Å². The van der Waals surface area contributed by atoms with Crippen LogP contribution >= 0.6 is 11.6 Å². The lowest BCUT2D eigenvalue weighted by Gasteiger charge is -2.31. The van der Waals surface area contributed by atoms with Crippen LogP contribution in [-0.2, 0) is 26.2 Å². The Kier molecular flexibility index (Phi) is 10.5. The molecule has 0 saturated heterocycles. The van der Waals surface area contributed by atoms with E-state index in [2.05, 4.69) is 5.32 Å². The summed E-state index contributed by atoms with van der Waals surface area (Å²) in [7, 11) is -3.62. The van der Waals surface area contributed by atoms with Gasteiger partial charge in [0.25, 0.3) is 0 Å². The maximum absolute atomic E-state index is 13.4. The first-order chi connectivity index (χ1) is 16.5. The summed E-state index contributed by atoms with van der Waals surface area (Å²) in [6.07, 6.45) is 1.78. The number of halogens is 2. The quantitative estimate of drug-likeness (QED) is 0.448. The molecule has 0 aliphatic heterocycles. The van der Waals surface area contributed by atoms with Crippen molar-refractivity contribution in [1.29, 1.82) is 0 Å². The van der Waals surface area contributed by atoms with Gasteiger partial charge in [-0.25, -0.2) is 12.8 Å². The van der Waals surface area contributed by atoms with E-state index in [4.69, 9.17) is 11.6 Å². The van der Waals surface area contributed by atoms with Gasteiger partial charge in [0.15, 0.2) is 0 Å². The minimum Gasteiger partial charge on any atom is -0.355 e. The molecule has 192 valence electrons. The third-order valence-corrected chi connectivity index (χ3v) is 7.25. The number of hydrogen-bond donors (Lipinski definition) is 1. The first-order valence-electron chi connectivity index (χ1n) is 11.5. The number of hydrogen-bond acceptors (Lipinski definition) is 4. The molecule has 0 radical (unpaired) electrons. The van der Waals surface area contributed by atoms with Crippen molar-refractivity contribution in [3.8, 4) is 0 Å². The van der Waals surface area contributed by atoms with Gasteiger partial charge in [0.05, 0.1) is 11.9 Å². The minimum atomic E-state index is -3.62. The molecular weight excluding hydrogens is 493 g/mol. The molecule has 10 heteroatoms. The maximum atomic E-state index is 13.4. The van der Waals surface area contributed by atoms with Crippen molar-refractivity contribution < 1.29 is 22.4 Å². The number of rotatable bonds is 12. The van der Waals surface area contributed by atoms with Crippen LogP contribution in [0.3, 0.4) is 0 Å². The molecule has 0 heterocycles. The number of anilines is 1. The zero-order valence-corrected chi connectivity index (χ0v) is 22.1. The number of likely N-dealkylation sites (N-methyl/N-ethyl adjacent to an activating group) is 1. The number of sulfonamides is 1. The number of carbonyl (C=O) groups is 2. The molecule has 1 N–H and O–H groups in total. The molecule has 1 atom stereocenters. The summed E-state index contributed by atoms with van der Waals surface area (Å²) in [6, 6.07) is 10.1. The Balaban J connectivity index is 2.23. The van der Waals surface area contributed by atoms with Crippen LogP contribution in [0.15, 0.2) is 42.5 Å². The lowest BCUT2D eigenvalue weighted by atomic mass is 10.1. The summed E-state index contributed by atoms with van der Waals surface area (Å²) in [5.41, 5.74) is 1.78. The molecule has 7 nitrogen and oxygen atoms in total. The second kappa shape index (κ2) is 12.9. The Bertz CT molecular complexity index is 1130. The highest BCUT2D eigenvalue weighted by molar-refractivity contribution is 7.92. The monoisotopic (exact) mass is 525 g/mol. The lowest BCUT2D eigenvalue weighted by molar-refractivity contribution is -0.141. The van der Waals surface area contributed by atoms with Crippen LogP contribution in [0, 0.1) is 12.7 Å². The molecule has 0 fully saturated rings. The van der Waals surface area contributed by atoms with Crippen LogP contribution in [0.4, 0.5) is 10.1 Å². The SMILES string of the molecule is CCNC(=O)[C@H](CC)N(Cc1ccc(F)cc1)C(=O)CCCN(c1cccc(Cl)c1C)S(C)(=O)=O. The smallest absolute Gasteiger partial charge is 0.242 e. The summed E-state index contributed by atoms with van der Waals surface area (Å²) in [4.78, 5) is 27.4. The molecular formula is C25H33ClFN3O4S. The molecule has 2 rings (SSSR count). The topological polar surface area (TPSA) is 86.8 Å². The maximum Gasteiger partial charge on any atom is 0.242 e. The Morgan fingerprint density at radius 1 is 1.11 bits per heavy atom. The van der Waals surface area contributed by atoms with Gasteiger partial charge < -0.3 is 10.2 Å². The van der Waals surface area contributed by atoms with Gasteiger partial charge in [-0.2, -0.15) is 0 Å². The zero-order valence-electron chi connectivity index (χ0n) is 20.6. The molecule has 0 saturated carbocycles. The first-order valence-corrected chi connectivity index (χ1v) is 13.8. The number of benzene rings is 2. The number of nitrogens with zero attached hydrogens (tertiary/aromatic N) is 2. The van der Waals surface area contributed by atoms with E-state index in [9.17, 15) is 22.4 Å². The van der Waals surface area contributed by atoms with Crippen molar-refractivity contribution in [3.05, 3.63) is 64.4 Å². The van der Waals surface area contributed by atoms with Gasteiger partial charge in [-0.3, -0.25) is 13.9 Å². The number of amides is 2. The van der Waals surface area contributed by atoms with Gasteiger partial charge in [-0.1, -0.05) is 36.7 Å². The van der Waals surface area contributed by atoms with Crippen molar-refractivity contribution in [2.24, 2.45) is 0 Å². The summed E-state index contributed by atoms with van der Waals surface area (Å²) in [5, 5.41) is 3.21. The predicted molar refractivity (Wildman–Crippen MR) is 137 cm³/mol. The standard InChI is InChI=1S/C25H33ClFN3O4S/c1-5-22(25(32)28-6-2)29(17-19-12-14-20(27)15-13-19)24(31)11-8-16-30(35(4,33)34)23-10-7-9-21(26)18(23)3/h7,9-10,12-15,22H,5-6,8,11,16-17H2,1-4H3,(H,28,32)/t22-/m0/s1. The Hall–Kier alpha value is -2.65. The summed E-state index contributed by atoms with van der Waals surface area (Å²) >= 11 is 6.18. The average Bonchev–Trinajstić information content (AvgIpc) is 2.79. The first kappa shape index (κ1) is 28.6. The molecule has 0 aliphatic carbocycles. The van der Waals surface area contributed by atoms with Crippen LogP contribution in [0.5, 0.6) is 0 Å². The molecule has 0 aromatic heterocycles. The van der Waals surface area contributed by atoms with Crippen molar-refractivity contribution in [2.45, 2.75) is 52.6 Å². The fourth-order valence-corrected chi connectivity index (χ4v) is 5.03. The van der Waals surface area contributed by atoms with Crippen molar-refractivity contribution in [1.82, 2.24) is 10.2 Å². The van der Waals surface area contributed by atoms with E-state index in [-0.39, 0.29) is 43.6 Å². The highest BCUT2D eigenvalue weighted by atomic mass is 35.5. The van der Waals surface area contributed by atoms with E-state index >= 15 is 0 Å². The predicted octanol–water partition coefficient (Wildman–Crippen LogP) is 4.28. The molecule has 0 bridgehead atoms. The second-order valence-electron chi connectivity index (χ2n) is 8.29. The van der Waals surface area contributed by atoms with E-state index in [0.29, 0.717) is 34.8 Å². The third kappa shape index (κ3) is 7.93. The van der Waals surface area contributed by atoms with E-state index in [1.54, 1.807) is 44.2 Å². The van der Waals surface area contributed by atoms with Crippen molar-refractivity contribution in [2.75, 3.05) is 23.7 Å². The highest BCUT2D eigenvalue weighted by Gasteiger charge is 2.28. The largest absolute Gasteiger partial charge is 0.355 e. The van der Waals surface area contributed by atoms with Crippen LogP contribution in [-0.4, -0.2) is 50.5 Å². The molecule has 0 unspecified atom stereocenters. The Morgan fingerprint density at radius 2 is 1.77 bits per heavy atom. The second-order valence-corrected chi connectivity index (χ2v) is 10.6. The van der Waals surface area contributed by atoms with Crippen LogP contribution < -0.4 is 9.62 Å². The Labute approximate surface area is 212 Å². The van der Waals surface area contributed by atoms with Gasteiger partial charge in [-0.15, -0.1) is 0 Å². The molecule has 2 amide bonds. The zero-order chi connectivity index (χ0) is 26.2. The van der Waals surface area contributed by atoms with E-state index in [1.165, 1.54) is 21.3 Å².